The van der Waals surface area contributed by atoms with Crippen molar-refractivity contribution in [1.82, 2.24) is 0 Å². The predicted octanol–water partition coefficient (Wildman–Crippen LogP) is 3.96. The molecule has 6 rings (SSSR count). The number of phenols is 1. The third kappa shape index (κ3) is 3.26. The van der Waals surface area contributed by atoms with E-state index in [0.717, 1.165) is 54.6 Å². The second-order valence-electron chi connectivity index (χ2n) is 7.79. The fraction of sp³-hybridized carbons (Fsp3) is 0.429. The maximum atomic E-state index is 9.39. The number of ether oxygens (including phenoxy) is 4. The normalized spacial score (nSPS) is 21.5. The Morgan fingerprint density at radius 1 is 1.04 bits per heavy atom. The molecule has 4 heterocycles. The second kappa shape index (κ2) is 6.55. The van der Waals surface area contributed by atoms with Crippen LogP contribution in [0.25, 0.3) is 11.2 Å². The average Bonchev–Trinajstić information content (AvgIpc) is 3.51. The van der Waals surface area contributed by atoms with Crippen molar-refractivity contribution >= 4 is 11.2 Å². The minimum atomic E-state index is -0.218. The lowest BCUT2D eigenvalue weighted by Crippen LogP contribution is -2.25. The Hall–Kier alpha value is -2.48. The van der Waals surface area contributed by atoms with E-state index in [1.807, 2.05) is 18.2 Å². The molecule has 0 saturated carbocycles. The van der Waals surface area contributed by atoms with Gasteiger partial charge in [0.25, 0.3) is 5.58 Å². The topological polar surface area (TPSA) is 90.0 Å². The second-order valence-corrected chi connectivity index (χ2v) is 7.79. The van der Waals surface area contributed by atoms with Crippen LogP contribution in [-0.4, -0.2) is 43.7 Å². The Morgan fingerprint density at radius 3 is 2.18 bits per heavy atom. The zero-order valence-electron chi connectivity index (χ0n) is 15.8. The van der Waals surface area contributed by atoms with Crippen molar-refractivity contribution in [3.8, 4) is 17.2 Å². The fourth-order valence-corrected chi connectivity index (χ4v) is 3.30. The molecule has 0 radical (unpaired) electrons. The highest BCUT2D eigenvalue weighted by atomic mass is 17.0. The van der Waals surface area contributed by atoms with Gasteiger partial charge in [-0.05, 0) is 17.7 Å². The largest absolute Gasteiger partial charge is 0.508 e. The zero-order valence-corrected chi connectivity index (χ0v) is 15.8. The van der Waals surface area contributed by atoms with Crippen molar-refractivity contribution in [1.29, 1.82) is 0 Å². The van der Waals surface area contributed by atoms with Crippen molar-refractivity contribution in [2.75, 3.05) is 26.4 Å². The number of benzene rings is 2. The summed E-state index contributed by atoms with van der Waals surface area (Å²) in [6.45, 7) is 7.50. The van der Waals surface area contributed by atoms with Crippen LogP contribution in [0.2, 0.25) is 0 Å². The van der Waals surface area contributed by atoms with Crippen LogP contribution >= 0.6 is 0 Å². The average molecular weight is 386 g/mol. The lowest BCUT2D eigenvalue weighted by atomic mass is 9.75. The SMILES string of the molecule is C(OCC1CO1)C1CO1.CC(C)(c1ccc(O)cc1)c1c2cc3ooc3c1O2. The molecule has 148 valence electrons. The van der Waals surface area contributed by atoms with Gasteiger partial charge in [0, 0.05) is 11.5 Å². The van der Waals surface area contributed by atoms with E-state index in [2.05, 4.69) is 13.8 Å². The molecule has 0 amide bonds. The van der Waals surface area contributed by atoms with Gasteiger partial charge in [-0.2, -0.15) is 0 Å². The number of phenolic OH excluding ortho intramolecular Hbond substituents is 1. The van der Waals surface area contributed by atoms with Gasteiger partial charge >= 0.3 is 0 Å². The van der Waals surface area contributed by atoms with E-state index >= 15 is 0 Å². The van der Waals surface area contributed by atoms with E-state index in [9.17, 15) is 5.11 Å². The van der Waals surface area contributed by atoms with Crippen LogP contribution in [0.5, 0.6) is 17.2 Å². The molecule has 1 aromatic heterocycles. The molecule has 7 nitrogen and oxygen atoms in total. The van der Waals surface area contributed by atoms with Gasteiger partial charge in [-0.3, -0.25) is 9.15 Å². The number of fused-ring (bicyclic) bond motifs is 4. The highest BCUT2D eigenvalue weighted by Gasteiger charge is 2.40. The lowest BCUT2D eigenvalue weighted by molar-refractivity contribution is 0.0540. The van der Waals surface area contributed by atoms with Crippen LogP contribution in [0.1, 0.15) is 25.0 Å². The Morgan fingerprint density at radius 2 is 1.68 bits per heavy atom. The summed E-state index contributed by atoms with van der Waals surface area (Å²) >= 11 is 0. The first kappa shape index (κ1) is 17.6. The molecule has 3 aliphatic heterocycles. The summed E-state index contributed by atoms with van der Waals surface area (Å²) in [6.07, 6.45) is 0.785. The summed E-state index contributed by atoms with van der Waals surface area (Å²) in [6, 6.07) is 9.08. The van der Waals surface area contributed by atoms with Gasteiger partial charge in [-0.1, -0.05) is 26.0 Å². The summed E-state index contributed by atoms with van der Waals surface area (Å²) in [4.78, 5) is 0. The summed E-state index contributed by atoms with van der Waals surface area (Å²) in [5.41, 5.74) is 3.42. The summed E-state index contributed by atoms with van der Waals surface area (Å²) < 4.78 is 30.6. The minimum Gasteiger partial charge on any atom is -0.508 e. The van der Waals surface area contributed by atoms with Crippen LogP contribution in [0.3, 0.4) is 0 Å². The molecule has 7 heteroatoms. The van der Waals surface area contributed by atoms with Gasteiger partial charge in [-0.25, -0.2) is 0 Å². The van der Waals surface area contributed by atoms with Crippen molar-refractivity contribution in [3.05, 3.63) is 41.5 Å². The van der Waals surface area contributed by atoms with E-state index in [1.165, 1.54) is 0 Å². The Bertz CT molecular complexity index is 962. The van der Waals surface area contributed by atoms with Crippen LogP contribution in [-0.2, 0) is 19.6 Å². The molecule has 2 fully saturated rings. The zero-order chi connectivity index (χ0) is 19.3. The molecule has 2 bridgehead atoms. The summed E-state index contributed by atoms with van der Waals surface area (Å²) in [5.74, 6) is 1.86. The third-order valence-electron chi connectivity index (χ3n) is 5.22. The Balaban J connectivity index is 0.000000158. The predicted molar refractivity (Wildman–Crippen MR) is 99.1 cm³/mol. The molecule has 28 heavy (non-hydrogen) atoms. The van der Waals surface area contributed by atoms with Gasteiger partial charge in [0.2, 0.25) is 5.58 Å². The van der Waals surface area contributed by atoms with Crippen LogP contribution in [0.15, 0.2) is 39.5 Å². The van der Waals surface area contributed by atoms with E-state index in [4.69, 9.17) is 28.1 Å². The molecule has 2 unspecified atom stereocenters. The van der Waals surface area contributed by atoms with Crippen molar-refractivity contribution in [2.45, 2.75) is 31.5 Å². The Kier molecular flexibility index (Phi) is 4.12. The number of rotatable bonds is 6. The van der Waals surface area contributed by atoms with E-state index in [1.54, 1.807) is 12.1 Å². The smallest absolute Gasteiger partial charge is 0.268 e. The Labute approximate surface area is 161 Å². The minimum absolute atomic E-state index is 0.218. The lowest BCUT2D eigenvalue weighted by Gasteiger charge is -2.35. The van der Waals surface area contributed by atoms with Crippen LogP contribution in [0, 0.1) is 0 Å². The van der Waals surface area contributed by atoms with E-state index < -0.39 is 0 Å². The fourth-order valence-electron chi connectivity index (χ4n) is 3.30. The van der Waals surface area contributed by atoms with Gasteiger partial charge in [-0.15, -0.1) is 0 Å². The maximum absolute atomic E-state index is 9.39. The van der Waals surface area contributed by atoms with Gasteiger partial charge in [0.1, 0.15) is 23.7 Å². The van der Waals surface area contributed by atoms with Gasteiger partial charge in [0.15, 0.2) is 5.75 Å². The molecule has 1 N–H and O–H groups in total. The first-order chi connectivity index (χ1) is 13.5. The van der Waals surface area contributed by atoms with Gasteiger partial charge < -0.3 is 24.1 Å². The highest BCUT2D eigenvalue weighted by Crippen LogP contribution is 2.56. The number of aromatic hydroxyl groups is 1. The van der Waals surface area contributed by atoms with E-state index in [-0.39, 0.29) is 11.2 Å². The molecule has 3 aromatic rings. The summed E-state index contributed by atoms with van der Waals surface area (Å²) in [5, 5.41) is 9.39. The molecule has 2 atom stereocenters. The number of epoxide rings is 2. The standard InChI is InChI=1S/C15H12O4.C6H10O3/c1-15(2,8-3-5-9(16)6-4-8)12-10-7-11-13(19-18-11)14(12)17-10;1(5-3-8-5)7-2-6-4-9-6/h3-7,16H,1-2H3;5-6H,1-4H2. The molecular formula is C21H22O7. The first-order valence-electron chi connectivity index (χ1n) is 9.36. The van der Waals surface area contributed by atoms with Crippen molar-refractivity contribution in [3.63, 3.8) is 0 Å². The molecule has 0 spiro atoms. The van der Waals surface area contributed by atoms with E-state index in [0.29, 0.717) is 17.8 Å². The molecule has 2 aromatic carbocycles. The van der Waals surface area contributed by atoms with Crippen LogP contribution in [0.4, 0.5) is 0 Å². The highest BCUT2D eigenvalue weighted by molar-refractivity contribution is 5.88. The monoisotopic (exact) mass is 386 g/mol. The molecule has 3 aliphatic rings. The third-order valence-corrected chi connectivity index (χ3v) is 5.22. The van der Waals surface area contributed by atoms with Gasteiger partial charge in [0.05, 0.1) is 32.0 Å². The first-order valence-corrected chi connectivity index (χ1v) is 9.36. The summed E-state index contributed by atoms with van der Waals surface area (Å²) in [7, 11) is 0. The number of hydrogen-bond donors (Lipinski definition) is 1. The molecule has 0 aliphatic carbocycles. The molecule has 2 saturated heterocycles. The number of hydrogen-bond acceptors (Lipinski definition) is 7. The van der Waals surface area contributed by atoms with Crippen molar-refractivity contribution < 1.29 is 33.2 Å². The van der Waals surface area contributed by atoms with Crippen LogP contribution < -0.4 is 4.74 Å². The van der Waals surface area contributed by atoms with Crippen molar-refractivity contribution in [2.24, 2.45) is 0 Å². The maximum Gasteiger partial charge on any atom is 0.268 e. The molecular weight excluding hydrogens is 364 g/mol. The quantitative estimate of drug-likeness (QED) is 0.396.